The van der Waals surface area contributed by atoms with E-state index < -0.39 is 0 Å². The summed E-state index contributed by atoms with van der Waals surface area (Å²) < 4.78 is 8.30. The lowest BCUT2D eigenvalue weighted by Gasteiger charge is -2.08. The first-order chi connectivity index (χ1) is 5.86. The smallest absolute Gasteiger partial charge is 0.177 e. The van der Waals surface area contributed by atoms with Crippen LogP contribution < -0.4 is 0 Å². The normalized spacial score (nSPS) is 23.2. The van der Waals surface area contributed by atoms with Crippen molar-refractivity contribution in [2.75, 3.05) is 6.61 Å². The molecule has 0 unspecified atom stereocenters. The molecule has 1 saturated heterocycles. The van der Waals surface area contributed by atoms with E-state index in [1.807, 2.05) is 17.0 Å². The third-order valence-electron chi connectivity index (χ3n) is 2.15. The molecule has 1 aromatic heterocycles. The molecule has 1 atom stereocenters. The molecule has 0 spiro atoms. The minimum atomic E-state index is 0.368. The van der Waals surface area contributed by atoms with Crippen molar-refractivity contribution < 1.29 is 4.74 Å². The highest BCUT2D eigenvalue weighted by atomic mass is 32.1. The molecule has 0 aliphatic carbocycles. The Balaban J connectivity index is 2.03. The van der Waals surface area contributed by atoms with Crippen LogP contribution in [0.1, 0.15) is 12.8 Å². The second-order valence-electron chi connectivity index (χ2n) is 3.05. The average molecular weight is 184 g/mol. The van der Waals surface area contributed by atoms with Crippen LogP contribution in [0.4, 0.5) is 0 Å². The number of hydrogen-bond acceptors (Lipinski definition) is 2. The summed E-state index contributed by atoms with van der Waals surface area (Å²) in [7, 11) is 0. The SMILES string of the molecule is S=c1[nH]ccn1C[C@H]1CCCO1. The summed E-state index contributed by atoms with van der Waals surface area (Å²) in [6.45, 7) is 1.80. The standard InChI is InChI=1S/C8H12N2OS/c12-8-9-3-4-10(8)6-7-2-1-5-11-7/h3-4,7H,1-2,5-6H2,(H,9,12)/t7-/m1/s1. The molecule has 3 nitrogen and oxygen atoms in total. The molecule has 1 fully saturated rings. The molecule has 0 aromatic carbocycles. The zero-order chi connectivity index (χ0) is 8.39. The van der Waals surface area contributed by atoms with E-state index in [1.54, 1.807) is 0 Å². The van der Waals surface area contributed by atoms with Gasteiger partial charge < -0.3 is 14.3 Å². The first-order valence-corrected chi connectivity index (χ1v) is 4.62. The van der Waals surface area contributed by atoms with Crippen LogP contribution in [0.25, 0.3) is 0 Å². The van der Waals surface area contributed by atoms with E-state index in [4.69, 9.17) is 17.0 Å². The molecule has 66 valence electrons. The largest absolute Gasteiger partial charge is 0.376 e. The van der Waals surface area contributed by atoms with Gasteiger partial charge in [-0.3, -0.25) is 0 Å². The predicted molar refractivity (Wildman–Crippen MR) is 48.6 cm³/mol. The molecule has 0 amide bonds. The van der Waals surface area contributed by atoms with Crippen LogP contribution in [0.15, 0.2) is 12.4 Å². The van der Waals surface area contributed by atoms with Crippen LogP contribution in [-0.4, -0.2) is 22.3 Å². The van der Waals surface area contributed by atoms with Crippen molar-refractivity contribution in [2.45, 2.75) is 25.5 Å². The Morgan fingerprint density at radius 3 is 3.25 bits per heavy atom. The van der Waals surface area contributed by atoms with E-state index in [9.17, 15) is 0 Å². The minimum absolute atomic E-state index is 0.368. The molecule has 0 bridgehead atoms. The lowest BCUT2D eigenvalue weighted by Crippen LogP contribution is -2.14. The van der Waals surface area contributed by atoms with Gasteiger partial charge in [-0.25, -0.2) is 0 Å². The number of nitrogens with zero attached hydrogens (tertiary/aromatic N) is 1. The molecular formula is C8H12N2OS. The molecule has 2 heterocycles. The Labute approximate surface area is 76.4 Å². The molecular weight excluding hydrogens is 172 g/mol. The van der Waals surface area contributed by atoms with Crippen molar-refractivity contribution in [3.63, 3.8) is 0 Å². The number of H-pyrrole nitrogens is 1. The van der Waals surface area contributed by atoms with Gasteiger partial charge in [-0.2, -0.15) is 0 Å². The molecule has 0 radical (unpaired) electrons. The zero-order valence-electron chi connectivity index (χ0n) is 6.82. The van der Waals surface area contributed by atoms with E-state index in [0.717, 1.165) is 24.3 Å². The molecule has 12 heavy (non-hydrogen) atoms. The number of aromatic amines is 1. The Hall–Kier alpha value is -0.610. The highest BCUT2D eigenvalue weighted by Crippen LogP contribution is 2.13. The summed E-state index contributed by atoms with van der Waals surface area (Å²) in [5.41, 5.74) is 0. The fourth-order valence-electron chi connectivity index (χ4n) is 1.50. The summed E-state index contributed by atoms with van der Waals surface area (Å²) in [6, 6.07) is 0. The second-order valence-corrected chi connectivity index (χ2v) is 3.44. The third-order valence-corrected chi connectivity index (χ3v) is 2.50. The second kappa shape index (κ2) is 3.41. The predicted octanol–water partition coefficient (Wildman–Crippen LogP) is 1.72. The lowest BCUT2D eigenvalue weighted by molar-refractivity contribution is 0.0967. The van der Waals surface area contributed by atoms with Gasteiger partial charge in [0, 0.05) is 19.0 Å². The van der Waals surface area contributed by atoms with Crippen molar-refractivity contribution in [3.05, 3.63) is 17.2 Å². The minimum Gasteiger partial charge on any atom is -0.376 e. The fraction of sp³-hybridized carbons (Fsp3) is 0.625. The number of imidazole rings is 1. The first-order valence-electron chi connectivity index (χ1n) is 4.22. The Morgan fingerprint density at radius 1 is 1.75 bits per heavy atom. The van der Waals surface area contributed by atoms with E-state index >= 15 is 0 Å². The van der Waals surface area contributed by atoms with Crippen LogP contribution in [0.2, 0.25) is 0 Å². The summed E-state index contributed by atoms with van der Waals surface area (Å²) >= 11 is 5.07. The molecule has 1 aromatic rings. The number of rotatable bonds is 2. The lowest BCUT2D eigenvalue weighted by atomic mass is 10.2. The van der Waals surface area contributed by atoms with E-state index in [2.05, 4.69) is 4.98 Å². The summed E-state index contributed by atoms with van der Waals surface area (Å²) in [4.78, 5) is 2.96. The maximum Gasteiger partial charge on any atom is 0.177 e. The molecule has 2 rings (SSSR count). The molecule has 1 aliphatic heterocycles. The highest BCUT2D eigenvalue weighted by Gasteiger charge is 2.15. The summed E-state index contributed by atoms with van der Waals surface area (Å²) in [6.07, 6.45) is 6.53. The molecule has 4 heteroatoms. The average Bonchev–Trinajstić information content (AvgIpc) is 2.65. The van der Waals surface area contributed by atoms with Crippen molar-refractivity contribution in [1.82, 2.24) is 9.55 Å². The number of nitrogens with one attached hydrogen (secondary N) is 1. The van der Waals surface area contributed by atoms with Crippen molar-refractivity contribution in [3.8, 4) is 0 Å². The Morgan fingerprint density at radius 2 is 2.67 bits per heavy atom. The zero-order valence-corrected chi connectivity index (χ0v) is 7.64. The van der Waals surface area contributed by atoms with Crippen LogP contribution in [0.5, 0.6) is 0 Å². The van der Waals surface area contributed by atoms with Crippen molar-refractivity contribution >= 4 is 12.2 Å². The summed E-state index contributed by atoms with van der Waals surface area (Å²) in [5.74, 6) is 0. The van der Waals surface area contributed by atoms with Gasteiger partial charge in [0.1, 0.15) is 0 Å². The third kappa shape index (κ3) is 1.59. The van der Waals surface area contributed by atoms with Crippen molar-refractivity contribution in [2.24, 2.45) is 0 Å². The topological polar surface area (TPSA) is 29.9 Å². The first kappa shape index (κ1) is 8.01. The maximum atomic E-state index is 5.50. The van der Waals surface area contributed by atoms with Gasteiger partial charge in [-0.15, -0.1) is 0 Å². The Kier molecular flexibility index (Phi) is 2.28. The highest BCUT2D eigenvalue weighted by molar-refractivity contribution is 7.71. The van der Waals surface area contributed by atoms with Crippen molar-refractivity contribution in [1.29, 1.82) is 0 Å². The van der Waals surface area contributed by atoms with Gasteiger partial charge in [0.25, 0.3) is 0 Å². The van der Waals surface area contributed by atoms with E-state index in [0.29, 0.717) is 6.10 Å². The van der Waals surface area contributed by atoms with Gasteiger partial charge in [0.05, 0.1) is 12.6 Å². The van der Waals surface area contributed by atoms with Gasteiger partial charge in [-0.1, -0.05) is 0 Å². The number of ether oxygens (including phenoxy) is 1. The Bertz CT molecular complexity index is 298. The summed E-state index contributed by atoms with van der Waals surface area (Å²) in [5, 5.41) is 0. The number of aromatic nitrogens is 2. The number of hydrogen-bond donors (Lipinski definition) is 1. The molecule has 1 N–H and O–H groups in total. The maximum absolute atomic E-state index is 5.50. The van der Waals surface area contributed by atoms with Gasteiger partial charge in [0.2, 0.25) is 0 Å². The quantitative estimate of drug-likeness (QED) is 0.709. The van der Waals surface area contributed by atoms with Crippen LogP contribution in [0, 0.1) is 4.77 Å². The monoisotopic (exact) mass is 184 g/mol. The van der Waals surface area contributed by atoms with Gasteiger partial charge in [0.15, 0.2) is 4.77 Å². The van der Waals surface area contributed by atoms with Gasteiger partial charge >= 0.3 is 0 Å². The van der Waals surface area contributed by atoms with Crippen LogP contribution in [0.3, 0.4) is 0 Å². The van der Waals surface area contributed by atoms with Crippen LogP contribution in [-0.2, 0) is 11.3 Å². The van der Waals surface area contributed by atoms with E-state index in [-0.39, 0.29) is 0 Å². The molecule has 0 saturated carbocycles. The van der Waals surface area contributed by atoms with E-state index in [1.165, 1.54) is 6.42 Å². The van der Waals surface area contributed by atoms with Gasteiger partial charge in [-0.05, 0) is 25.1 Å². The van der Waals surface area contributed by atoms with Crippen LogP contribution >= 0.6 is 12.2 Å². The molecule has 1 aliphatic rings. The fourth-order valence-corrected chi connectivity index (χ4v) is 1.70.